The number of hydrogen-bond acceptors (Lipinski definition) is 5. The standard InChI is InChI=1S/C14H24N4O/c1-2-6-15-11-8-12-3-4-13(9-11)18(12)7-5-14-16-10-17-19-14/h10-13,15H,2-9H2,1H3. The molecular weight excluding hydrogens is 240 g/mol. The first-order valence-corrected chi connectivity index (χ1v) is 7.61. The van der Waals surface area contributed by atoms with Gasteiger partial charge in [-0.1, -0.05) is 12.1 Å². The molecule has 2 fully saturated rings. The molecule has 3 heterocycles. The maximum Gasteiger partial charge on any atom is 0.227 e. The van der Waals surface area contributed by atoms with E-state index in [1.54, 1.807) is 0 Å². The molecular formula is C14H24N4O. The Morgan fingerprint density at radius 3 is 2.79 bits per heavy atom. The Morgan fingerprint density at radius 2 is 2.16 bits per heavy atom. The highest BCUT2D eigenvalue weighted by Gasteiger charge is 2.40. The minimum absolute atomic E-state index is 0.733. The molecule has 2 atom stereocenters. The van der Waals surface area contributed by atoms with Crippen molar-refractivity contribution in [2.45, 2.75) is 63.6 Å². The molecule has 0 amide bonds. The van der Waals surface area contributed by atoms with E-state index in [9.17, 15) is 0 Å². The van der Waals surface area contributed by atoms with Crippen molar-refractivity contribution in [3.05, 3.63) is 12.2 Å². The fraction of sp³-hybridized carbons (Fsp3) is 0.857. The molecule has 2 saturated heterocycles. The number of piperidine rings is 1. The van der Waals surface area contributed by atoms with Gasteiger partial charge in [0.2, 0.25) is 5.89 Å². The molecule has 0 aromatic carbocycles. The number of fused-ring (bicyclic) bond motifs is 2. The number of rotatable bonds is 6. The maximum atomic E-state index is 5.09. The van der Waals surface area contributed by atoms with Crippen LogP contribution in [-0.2, 0) is 6.42 Å². The summed E-state index contributed by atoms with van der Waals surface area (Å²) >= 11 is 0. The van der Waals surface area contributed by atoms with Gasteiger partial charge in [0.25, 0.3) is 0 Å². The Hall–Kier alpha value is -0.940. The van der Waals surface area contributed by atoms with Crippen molar-refractivity contribution in [3.63, 3.8) is 0 Å². The molecule has 2 aliphatic rings. The van der Waals surface area contributed by atoms with Crippen molar-refractivity contribution in [2.75, 3.05) is 13.1 Å². The first kappa shape index (κ1) is 13.1. The minimum Gasteiger partial charge on any atom is -0.340 e. The van der Waals surface area contributed by atoms with E-state index in [0.717, 1.165) is 43.5 Å². The summed E-state index contributed by atoms with van der Waals surface area (Å²) in [7, 11) is 0. The highest BCUT2D eigenvalue weighted by Crippen LogP contribution is 2.35. The Bertz CT molecular complexity index is 367. The molecule has 19 heavy (non-hydrogen) atoms. The molecule has 2 bridgehead atoms. The average Bonchev–Trinajstić information content (AvgIpc) is 3.01. The van der Waals surface area contributed by atoms with Crippen LogP contribution in [0.25, 0.3) is 0 Å². The third kappa shape index (κ3) is 2.98. The topological polar surface area (TPSA) is 54.2 Å². The number of nitrogens with zero attached hydrogens (tertiary/aromatic N) is 3. The van der Waals surface area contributed by atoms with Crippen molar-refractivity contribution in [3.8, 4) is 0 Å². The van der Waals surface area contributed by atoms with Gasteiger partial charge in [0, 0.05) is 31.1 Å². The van der Waals surface area contributed by atoms with E-state index in [4.69, 9.17) is 4.52 Å². The van der Waals surface area contributed by atoms with Gasteiger partial charge in [-0.2, -0.15) is 4.98 Å². The third-order valence-electron chi connectivity index (χ3n) is 4.56. The van der Waals surface area contributed by atoms with E-state index in [0.29, 0.717) is 0 Å². The van der Waals surface area contributed by atoms with Crippen molar-refractivity contribution in [1.82, 2.24) is 20.4 Å². The Balaban J connectivity index is 1.51. The quantitative estimate of drug-likeness (QED) is 0.846. The summed E-state index contributed by atoms with van der Waals surface area (Å²) in [5, 5.41) is 7.37. The van der Waals surface area contributed by atoms with E-state index in [1.165, 1.54) is 38.4 Å². The van der Waals surface area contributed by atoms with E-state index in [1.807, 2.05) is 0 Å². The zero-order valence-corrected chi connectivity index (χ0v) is 11.7. The summed E-state index contributed by atoms with van der Waals surface area (Å²) in [5.74, 6) is 0.769. The minimum atomic E-state index is 0.733. The molecule has 2 aliphatic heterocycles. The zero-order valence-electron chi connectivity index (χ0n) is 11.7. The largest absolute Gasteiger partial charge is 0.340 e. The molecule has 106 valence electrons. The lowest BCUT2D eigenvalue weighted by molar-refractivity contribution is 0.115. The molecule has 0 spiro atoms. The van der Waals surface area contributed by atoms with Crippen molar-refractivity contribution in [1.29, 1.82) is 0 Å². The van der Waals surface area contributed by atoms with E-state index in [2.05, 4.69) is 27.3 Å². The number of aromatic nitrogens is 2. The first-order chi connectivity index (χ1) is 9.36. The fourth-order valence-corrected chi connectivity index (χ4v) is 3.69. The highest BCUT2D eigenvalue weighted by atomic mass is 16.5. The summed E-state index contributed by atoms with van der Waals surface area (Å²) in [6.45, 7) is 4.46. The van der Waals surface area contributed by atoms with Crippen LogP contribution in [0.2, 0.25) is 0 Å². The smallest absolute Gasteiger partial charge is 0.227 e. The molecule has 3 rings (SSSR count). The lowest BCUT2D eigenvalue weighted by Crippen LogP contribution is -2.49. The summed E-state index contributed by atoms with van der Waals surface area (Å²) < 4.78 is 5.09. The predicted molar refractivity (Wildman–Crippen MR) is 72.8 cm³/mol. The van der Waals surface area contributed by atoms with E-state index in [-0.39, 0.29) is 0 Å². The van der Waals surface area contributed by atoms with Crippen LogP contribution in [0.5, 0.6) is 0 Å². The molecule has 0 radical (unpaired) electrons. The molecule has 5 heteroatoms. The molecule has 5 nitrogen and oxygen atoms in total. The van der Waals surface area contributed by atoms with Gasteiger partial charge in [-0.25, -0.2) is 0 Å². The second-order valence-electron chi connectivity index (χ2n) is 5.83. The summed E-state index contributed by atoms with van der Waals surface area (Å²) in [6.07, 6.45) is 8.94. The van der Waals surface area contributed by atoms with Gasteiger partial charge in [-0.15, -0.1) is 0 Å². The van der Waals surface area contributed by atoms with Gasteiger partial charge in [0.15, 0.2) is 6.33 Å². The first-order valence-electron chi connectivity index (χ1n) is 7.61. The number of hydrogen-bond donors (Lipinski definition) is 1. The average molecular weight is 264 g/mol. The number of nitrogens with one attached hydrogen (secondary N) is 1. The summed E-state index contributed by atoms with van der Waals surface area (Å²) in [5.41, 5.74) is 0. The fourth-order valence-electron chi connectivity index (χ4n) is 3.69. The molecule has 1 aromatic rings. The van der Waals surface area contributed by atoms with Gasteiger partial charge >= 0.3 is 0 Å². The van der Waals surface area contributed by atoms with Gasteiger partial charge in [0.1, 0.15) is 0 Å². The molecule has 2 unspecified atom stereocenters. The monoisotopic (exact) mass is 264 g/mol. The van der Waals surface area contributed by atoms with Crippen LogP contribution in [0.1, 0.15) is 44.9 Å². The SMILES string of the molecule is CCCNC1CC2CCC(C1)N2CCc1ncno1. The Morgan fingerprint density at radius 1 is 1.37 bits per heavy atom. The highest BCUT2D eigenvalue weighted by molar-refractivity contribution is 4.98. The lowest BCUT2D eigenvalue weighted by atomic mass is 9.97. The third-order valence-corrected chi connectivity index (χ3v) is 4.56. The van der Waals surface area contributed by atoms with Crippen LogP contribution in [0.4, 0.5) is 0 Å². The molecule has 0 saturated carbocycles. The van der Waals surface area contributed by atoms with Gasteiger partial charge in [-0.05, 0) is 38.6 Å². The van der Waals surface area contributed by atoms with Crippen LogP contribution in [-0.4, -0.2) is 46.3 Å². The lowest BCUT2D eigenvalue weighted by Gasteiger charge is -2.39. The van der Waals surface area contributed by atoms with Gasteiger partial charge in [0.05, 0.1) is 0 Å². The summed E-state index contributed by atoms with van der Waals surface area (Å²) in [6, 6.07) is 2.25. The molecule has 1 N–H and O–H groups in total. The Kier molecular flexibility index (Phi) is 4.13. The van der Waals surface area contributed by atoms with Crippen molar-refractivity contribution in [2.24, 2.45) is 0 Å². The van der Waals surface area contributed by atoms with Crippen LogP contribution in [0, 0.1) is 0 Å². The van der Waals surface area contributed by atoms with Crippen LogP contribution < -0.4 is 5.32 Å². The van der Waals surface area contributed by atoms with Crippen LogP contribution >= 0.6 is 0 Å². The van der Waals surface area contributed by atoms with Crippen molar-refractivity contribution < 1.29 is 4.52 Å². The maximum absolute atomic E-state index is 5.09. The second-order valence-corrected chi connectivity index (χ2v) is 5.83. The van der Waals surface area contributed by atoms with E-state index >= 15 is 0 Å². The molecule has 1 aromatic heterocycles. The van der Waals surface area contributed by atoms with Gasteiger partial charge < -0.3 is 9.84 Å². The normalized spacial score (nSPS) is 30.9. The van der Waals surface area contributed by atoms with Gasteiger partial charge in [-0.3, -0.25) is 4.90 Å². The Labute approximate surface area is 114 Å². The van der Waals surface area contributed by atoms with Crippen LogP contribution in [0.15, 0.2) is 10.9 Å². The second kappa shape index (κ2) is 6.01. The van der Waals surface area contributed by atoms with Crippen LogP contribution in [0.3, 0.4) is 0 Å². The van der Waals surface area contributed by atoms with Crippen molar-refractivity contribution >= 4 is 0 Å². The van der Waals surface area contributed by atoms with E-state index < -0.39 is 0 Å². The zero-order chi connectivity index (χ0) is 13.1. The summed E-state index contributed by atoms with van der Waals surface area (Å²) in [4.78, 5) is 6.78. The molecule has 0 aliphatic carbocycles. The predicted octanol–water partition coefficient (Wildman–Crippen LogP) is 1.61.